The molecule has 2 aliphatic heterocycles. The lowest BCUT2D eigenvalue weighted by Gasteiger charge is -2.35. The van der Waals surface area contributed by atoms with E-state index in [0.717, 1.165) is 24.9 Å². The van der Waals surface area contributed by atoms with Crippen LogP contribution in [-0.4, -0.2) is 53.6 Å². The smallest absolute Gasteiger partial charge is 0.190 e. The zero-order valence-corrected chi connectivity index (χ0v) is 22.5. The largest absolute Gasteiger partial charge is 0.414 e. The average molecular weight is 471 g/mol. The Hall–Kier alpha value is -0.346. The van der Waals surface area contributed by atoms with E-state index < -0.39 is 16.6 Å². The first kappa shape index (κ1) is 26.9. The van der Waals surface area contributed by atoms with Gasteiger partial charge in [-0.3, -0.25) is 9.59 Å². The first-order chi connectivity index (χ1) is 14.7. The molecule has 5 nitrogen and oxygen atoms in total. The molecule has 0 spiro atoms. The maximum atomic E-state index is 12.1. The Kier molecular flexibility index (Phi) is 11.6. The molecular weight excluding hydrogens is 424 g/mol. The quantitative estimate of drug-likeness (QED) is 0.229. The molecule has 0 N–H and O–H groups in total. The zero-order chi connectivity index (χ0) is 22.7. The first-order valence-electron chi connectivity index (χ1n) is 12.7. The third-order valence-electron chi connectivity index (χ3n) is 6.98. The number of carbonyl (C=O) groups is 2. The van der Waals surface area contributed by atoms with Crippen molar-refractivity contribution in [3.63, 3.8) is 0 Å². The highest BCUT2D eigenvalue weighted by atomic mass is 28.4. The topological polar surface area (TPSA) is 61.8 Å². The van der Waals surface area contributed by atoms with Crippen molar-refractivity contribution in [1.29, 1.82) is 0 Å². The summed E-state index contributed by atoms with van der Waals surface area (Å²) in [6.45, 7) is 9.85. The SMILES string of the molecule is CC1CCC[Si](C)(CCCC(=O)CCOCCC(=O)CCC[Si]2(C)CCCC(C)O2)O1. The summed E-state index contributed by atoms with van der Waals surface area (Å²) in [5.74, 6) is 0.542. The van der Waals surface area contributed by atoms with Gasteiger partial charge in [-0.1, -0.05) is 12.8 Å². The van der Waals surface area contributed by atoms with Gasteiger partial charge >= 0.3 is 0 Å². The molecule has 2 fully saturated rings. The second-order valence-electron chi connectivity index (χ2n) is 10.4. The molecule has 0 aromatic heterocycles. The highest BCUT2D eigenvalue weighted by Gasteiger charge is 2.34. The summed E-state index contributed by atoms with van der Waals surface area (Å²) in [7, 11) is -3.16. The summed E-state index contributed by atoms with van der Waals surface area (Å²) in [5.41, 5.74) is 0. The van der Waals surface area contributed by atoms with E-state index in [-0.39, 0.29) is 11.6 Å². The van der Waals surface area contributed by atoms with Gasteiger partial charge in [0.15, 0.2) is 16.6 Å². The Morgan fingerprint density at radius 3 is 1.58 bits per heavy atom. The van der Waals surface area contributed by atoms with E-state index in [9.17, 15) is 9.59 Å². The minimum absolute atomic E-state index is 0.271. The van der Waals surface area contributed by atoms with E-state index in [1.807, 2.05) is 0 Å². The summed E-state index contributed by atoms with van der Waals surface area (Å²) in [4.78, 5) is 24.2. The van der Waals surface area contributed by atoms with Gasteiger partial charge in [-0.05, 0) is 76.8 Å². The van der Waals surface area contributed by atoms with Gasteiger partial charge in [-0.15, -0.1) is 0 Å². The van der Waals surface area contributed by atoms with Crippen LogP contribution < -0.4 is 0 Å². The molecular formula is C24H46O5Si2. The summed E-state index contributed by atoms with van der Waals surface area (Å²) in [6.07, 6.45) is 9.77. The average Bonchev–Trinajstić information content (AvgIpc) is 2.67. The predicted octanol–water partition coefficient (Wildman–Crippen LogP) is 6.03. The number of carbonyl (C=O) groups excluding carboxylic acids is 2. The predicted molar refractivity (Wildman–Crippen MR) is 131 cm³/mol. The number of ether oxygens (including phenoxy) is 1. The molecule has 0 saturated carbocycles. The number of hydrogen-bond donors (Lipinski definition) is 0. The highest BCUT2D eigenvalue weighted by Crippen LogP contribution is 2.31. The molecule has 4 atom stereocenters. The lowest BCUT2D eigenvalue weighted by atomic mass is 10.2. The Labute approximate surface area is 192 Å². The minimum atomic E-state index is -1.58. The standard InChI is InChI=1S/C24H46O5Si2/c1-21-9-5-17-30(3,28-21)19-7-11-23(25)13-15-27-16-14-24(26)12-8-20-31(4)18-6-10-22(2)29-31/h21-22H,5-20H2,1-4H3. The summed E-state index contributed by atoms with van der Waals surface area (Å²) < 4.78 is 18.0. The van der Waals surface area contributed by atoms with Crippen LogP contribution in [0.25, 0.3) is 0 Å². The monoisotopic (exact) mass is 470 g/mol. The summed E-state index contributed by atoms with van der Waals surface area (Å²) >= 11 is 0. The fourth-order valence-corrected chi connectivity index (χ4v) is 12.0. The van der Waals surface area contributed by atoms with Crippen molar-refractivity contribution in [1.82, 2.24) is 0 Å². The summed E-state index contributed by atoms with van der Waals surface area (Å²) in [5, 5.41) is 0. The van der Waals surface area contributed by atoms with E-state index in [4.69, 9.17) is 13.6 Å². The van der Waals surface area contributed by atoms with Crippen molar-refractivity contribution in [3.05, 3.63) is 0 Å². The van der Waals surface area contributed by atoms with Gasteiger partial charge in [0.2, 0.25) is 0 Å². The molecule has 0 aliphatic carbocycles. The van der Waals surface area contributed by atoms with Crippen molar-refractivity contribution in [2.24, 2.45) is 0 Å². The fraction of sp³-hybridized carbons (Fsp3) is 0.917. The van der Waals surface area contributed by atoms with Gasteiger partial charge in [0.25, 0.3) is 0 Å². The Balaban J connectivity index is 1.45. The van der Waals surface area contributed by atoms with Gasteiger partial charge in [-0.2, -0.15) is 0 Å². The molecule has 4 unspecified atom stereocenters. The van der Waals surface area contributed by atoms with Gasteiger partial charge in [0, 0.05) is 37.9 Å². The van der Waals surface area contributed by atoms with Crippen molar-refractivity contribution in [2.45, 2.75) is 128 Å². The normalized spacial score (nSPS) is 31.5. The minimum Gasteiger partial charge on any atom is -0.414 e. The van der Waals surface area contributed by atoms with Crippen molar-refractivity contribution >= 4 is 28.2 Å². The second kappa shape index (κ2) is 13.4. The lowest BCUT2D eigenvalue weighted by Crippen LogP contribution is -2.41. The van der Waals surface area contributed by atoms with Crippen LogP contribution in [0.3, 0.4) is 0 Å². The Morgan fingerprint density at radius 1 is 0.774 bits per heavy atom. The number of rotatable bonds is 14. The maximum absolute atomic E-state index is 12.1. The molecule has 180 valence electrons. The van der Waals surface area contributed by atoms with Crippen LogP contribution in [0.15, 0.2) is 0 Å². The molecule has 2 rings (SSSR count). The van der Waals surface area contributed by atoms with E-state index in [0.29, 0.717) is 51.1 Å². The Bertz CT molecular complexity index is 524. The van der Waals surface area contributed by atoms with Gasteiger partial charge in [0.05, 0.1) is 13.2 Å². The van der Waals surface area contributed by atoms with Gasteiger partial charge in [-0.25, -0.2) is 0 Å². The molecule has 0 radical (unpaired) electrons. The van der Waals surface area contributed by atoms with Crippen LogP contribution in [0.2, 0.25) is 37.3 Å². The van der Waals surface area contributed by atoms with E-state index >= 15 is 0 Å². The molecule has 31 heavy (non-hydrogen) atoms. The molecule has 2 saturated heterocycles. The highest BCUT2D eigenvalue weighted by molar-refractivity contribution is 6.73. The summed E-state index contributed by atoms with van der Waals surface area (Å²) in [6, 6.07) is 4.64. The van der Waals surface area contributed by atoms with Crippen molar-refractivity contribution in [2.75, 3.05) is 13.2 Å². The van der Waals surface area contributed by atoms with Gasteiger partial charge in [0.1, 0.15) is 11.6 Å². The van der Waals surface area contributed by atoms with Crippen LogP contribution >= 0.6 is 0 Å². The van der Waals surface area contributed by atoms with Crippen LogP contribution in [-0.2, 0) is 23.2 Å². The Morgan fingerprint density at radius 2 is 1.19 bits per heavy atom. The number of Topliss-reactive ketones (excluding diaryl/α,β-unsaturated/α-hetero) is 2. The number of hydrogen-bond acceptors (Lipinski definition) is 5. The maximum Gasteiger partial charge on any atom is 0.190 e. The molecule has 7 heteroatoms. The van der Waals surface area contributed by atoms with E-state index in [2.05, 4.69) is 26.9 Å². The van der Waals surface area contributed by atoms with E-state index in [1.165, 1.54) is 37.8 Å². The first-order valence-corrected chi connectivity index (χ1v) is 18.3. The van der Waals surface area contributed by atoms with Crippen molar-refractivity contribution < 1.29 is 23.2 Å². The number of ketones is 2. The van der Waals surface area contributed by atoms with E-state index in [1.54, 1.807) is 0 Å². The van der Waals surface area contributed by atoms with Crippen LogP contribution in [0.5, 0.6) is 0 Å². The fourth-order valence-electron chi connectivity index (χ4n) is 5.14. The van der Waals surface area contributed by atoms with Crippen molar-refractivity contribution in [3.8, 4) is 0 Å². The third kappa shape index (κ3) is 10.9. The van der Waals surface area contributed by atoms with Crippen LogP contribution in [0, 0.1) is 0 Å². The molecule has 2 aliphatic rings. The zero-order valence-electron chi connectivity index (χ0n) is 20.5. The molecule has 0 amide bonds. The molecule has 0 aromatic carbocycles. The molecule has 0 bridgehead atoms. The van der Waals surface area contributed by atoms with Crippen LogP contribution in [0.1, 0.15) is 78.1 Å². The molecule has 2 heterocycles. The molecule has 0 aromatic rings. The third-order valence-corrected chi connectivity index (χ3v) is 14.6. The second-order valence-corrected chi connectivity index (χ2v) is 18.7. The van der Waals surface area contributed by atoms with Crippen LogP contribution in [0.4, 0.5) is 0 Å². The van der Waals surface area contributed by atoms with Gasteiger partial charge < -0.3 is 13.6 Å². The lowest BCUT2D eigenvalue weighted by molar-refractivity contribution is -0.120.